The summed E-state index contributed by atoms with van der Waals surface area (Å²) < 4.78 is 0. The van der Waals surface area contributed by atoms with E-state index in [1.807, 2.05) is 43.5 Å². The highest BCUT2D eigenvalue weighted by Crippen LogP contribution is 2.08. The first-order chi connectivity index (χ1) is 9.13. The smallest absolute Gasteiger partial charge is 0.224 e. The van der Waals surface area contributed by atoms with E-state index >= 15 is 0 Å². The van der Waals surface area contributed by atoms with Crippen LogP contribution < -0.4 is 5.32 Å². The molecule has 0 saturated heterocycles. The highest BCUT2D eigenvalue weighted by atomic mass is 32.1. The molecule has 0 aliphatic rings. The van der Waals surface area contributed by atoms with Gasteiger partial charge in [-0.15, -0.1) is 11.3 Å². The number of benzene rings is 1. The second-order valence-electron chi connectivity index (χ2n) is 4.64. The van der Waals surface area contributed by atoms with Crippen molar-refractivity contribution in [1.29, 1.82) is 0 Å². The van der Waals surface area contributed by atoms with Gasteiger partial charge in [-0.1, -0.05) is 29.8 Å². The van der Waals surface area contributed by atoms with Crippen molar-refractivity contribution < 1.29 is 4.79 Å². The average molecular weight is 274 g/mol. The molecular formula is C15H18N2OS. The maximum Gasteiger partial charge on any atom is 0.224 e. The van der Waals surface area contributed by atoms with E-state index in [0.717, 1.165) is 22.7 Å². The molecular weight excluding hydrogens is 256 g/mol. The summed E-state index contributed by atoms with van der Waals surface area (Å²) in [5.41, 5.74) is 3.31. The number of amides is 1. The highest BCUT2D eigenvalue weighted by molar-refractivity contribution is 7.09. The van der Waals surface area contributed by atoms with Gasteiger partial charge in [0.1, 0.15) is 0 Å². The van der Waals surface area contributed by atoms with Crippen molar-refractivity contribution in [3.05, 3.63) is 51.5 Å². The number of hydrogen-bond acceptors (Lipinski definition) is 3. The minimum absolute atomic E-state index is 0.0668. The van der Waals surface area contributed by atoms with Gasteiger partial charge in [0, 0.05) is 24.0 Å². The molecule has 0 atom stereocenters. The van der Waals surface area contributed by atoms with Crippen molar-refractivity contribution in [1.82, 2.24) is 10.3 Å². The van der Waals surface area contributed by atoms with Gasteiger partial charge >= 0.3 is 0 Å². The Hall–Kier alpha value is -1.68. The van der Waals surface area contributed by atoms with Crippen molar-refractivity contribution >= 4 is 17.2 Å². The first-order valence-electron chi connectivity index (χ1n) is 6.37. The molecule has 0 unspecified atom stereocenters. The number of aromatic nitrogens is 1. The first kappa shape index (κ1) is 13.7. The molecule has 19 heavy (non-hydrogen) atoms. The molecule has 4 heteroatoms. The molecule has 3 nitrogen and oxygen atoms in total. The second kappa shape index (κ2) is 6.48. The van der Waals surface area contributed by atoms with Crippen LogP contribution in [0.15, 0.2) is 29.6 Å². The SMILES string of the molecule is Cc1ccc(CC(=O)NCCc2nc(C)cs2)cc1. The van der Waals surface area contributed by atoms with E-state index in [0.29, 0.717) is 13.0 Å². The van der Waals surface area contributed by atoms with Gasteiger partial charge in [0.2, 0.25) is 5.91 Å². The molecule has 1 heterocycles. The molecule has 1 amide bonds. The Morgan fingerprint density at radius 1 is 1.26 bits per heavy atom. The number of hydrogen-bond donors (Lipinski definition) is 1. The summed E-state index contributed by atoms with van der Waals surface area (Å²) in [6.07, 6.45) is 1.25. The topological polar surface area (TPSA) is 42.0 Å². The van der Waals surface area contributed by atoms with Gasteiger partial charge in [0.15, 0.2) is 0 Å². The molecule has 2 rings (SSSR count). The highest BCUT2D eigenvalue weighted by Gasteiger charge is 2.04. The fourth-order valence-corrected chi connectivity index (χ4v) is 2.56. The minimum Gasteiger partial charge on any atom is -0.355 e. The molecule has 100 valence electrons. The largest absolute Gasteiger partial charge is 0.355 e. The summed E-state index contributed by atoms with van der Waals surface area (Å²) in [5, 5.41) is 6.04. The van der Waals surface area contributed by atoms with E-state index < -0.39 is 0 Å². The van der Waals surface area contributed by atoms with Crippen molar-refractivity contribution in [3.63, 3.8) is 0 Å². The Kier molecular flexibility index (Phi) is 4.68. The van der Waals surface area contributed by atoms with Gasteiger partial charge in [0.25, 0.3) is 0 Å². The van der Waals surface area contributed by atoms with Gasteiger partial charge in [-0.05, 0) is 19.4 Å². The molecule has 0 radical (unpaired) electrons. The van der Waals surface area contributed by atoms with Crippen LogP contribution in [0.25, 0.3) is 0 Å². The predicted octanol–water partition coefficient (Wildman–Crippen LogP) is 2.66. The predicted molar refractivity (Wildman–Crippen MR) is 78.4 cm³/mol. The maximum atomic E-state index is 11.8. The molecule has 1 aromatic heterocycles. The van der Waals surface area contributed by atoms with E-state index in [1.54, 1.807) is 11.3 Å². The summed E-state index contributed by atoms with van der Waals surface area (Å²) in [6.45, 7) is 4.67. The first-order valence-corrected chi connectivity index (χ1v) is 7.25. The van der Waals surface area contributed by atoms with Crippen LogP contribution >= 0.6 is 11.3 Å². The average Bonchev–Trinajstić information content (AvgIpc) is 2.78. The molecule has 1 aromatic carbocycles. The van der Waals surface area contributed by atoms with Gasteiger partial charge < -0.3 is 5.32 Å². The number of carbonyl (C=O) groups excluding carboxylic acids is 1. The number of thiazole rings is 1. The summed E-state index contributed by atoms with van der Waals surface area (Å²) in [4.78, 5) is 16.1. The third kappa shape index (κ3) is 4.48. The van der Waals surface area contributed by atoms with E-state index in [4.69, 9.17) is 0 Å². The van der Waals surface area contributed by atoms with Crippen LogP contribution in [0.4, 0.5) is 0 Å². The van der Waals surface area contributed by atoms with Crippen LogP contribution in [0.1, 0.15) is 21.8 Å². The van der Waals surface area contributed by atoms with Crippen molar-refractivity contribution in [3.8, 4) is 0 Å². The zero-order valence-electron chi connectivity index (χ0n) is 11.3. The lowest BCUT2D eigenvalue weighted by Gasteiger charge is -2.04. The second-order valence-corrected chi connectivity index (χ2v) is 5.59. The summed E-state index contributed by atoms with van der Waals surface area (Å²) in [7, 11) is 0. The Labute approximate surface area is 117 Å². The van der Waals surface area contributed by atoms with Crippen LogP contribution in [0.3, 0.4) is 0 Å². The van der Waals surface area contributed by atoms with E-state index in [-0.39, 0.29) is 5.91 Å². The standard InChI is InChI=1S/C15H18N2OS/c1-11-3-5-13(6-4-11)9-14(18)16-8-7-15-17-12(2)10-19-15/h3-6,10H,7-9H2,1-2H3,(H,16,18). The normalized spacial score (nSPS) is 10.4. The van der Waals surface area contributed by atoms with Crippen LogP contribution in [0, 0.1) is 13.8 Å². The lowest BCUT2D eigenvalue weighted by atomic mass is 10.1. The van der Waals surface area contributed by atoms with Crippen LogP contribution in [-0.2, 0) is 17.6 Å². The lowest BCUT2D eigenvalue weighted by molar-refractivity contribution is -0.120. The fraction of sp³-hybridized carbons (Fsp3) is 0.333. The summed E-state index contributed by atoms with van der Waals surface area (Å²) in [5.74, 6) is 0.0668. The lowest BCUT2D eigenvalue weighted by Crippen LogP contribution is -2.27. The molecule has 0 aliphatic heterocycles. The van der Waals surface area contributed by atoms with Gasteiger partial charge in [0.05, 0.1) is 11.4 Å². The van der Waals surface area contributed by atoms with Gasteiger partial charge in [-0.3, -0.25) is 4.79 Å². The molecule has 1 N–H and O–H groups in total. The van der Waals surface area contributed by atoms with E-state index in [9.17, 15) is 4.79 Å². The van der Waals surface area contributed by atoms with Crippen LogP contribution in [0.5, 0.6) is 0 Å². The summed E-state index contributed by atoms with van der Waals surface area (Å²) in [6, 6.07) is 8.06. The maximum absolute atomic E-state index is 11.8. The third-order valence-electron chi connectivity index (χ3n) is 2.81. The quantitative estimate of drug-likeness (QED) is 0.910. The van der Waals surface area contributed by atoms with Crippen molar-refractivity contribution in [2.45, 2.75) is 26.7 Å². The molecule has 0 spiro atoms. The zero-order valence-corrected chi connectivity index (χ0v) is 12.1. The number of carbonyl (C=O) groups is 1. The Balaban J connectivity index is 1.74. The Morgan fingerprint density at radius 2 is 2.00 bits per heavy atom. The molecule has 0 bridgehead atoms. The molecule has 0 fully saturated rings. The summed E-state index contributed by atoms with van der Waals surface area (Å²) >= 11 is 1.64. The van der Waals surface area contributed by atoms with E-state index in [1.165, 1.54) is 5.56 Å². The monoisotopic (exact) mass is 274 g/mol. The molecule has 2 aromatic rings. The zero-order chi connectivity index (χ0) is 13.7. The Morgan fingerprint density at radius 3 is 2.63 bits per heavy atom. The van der Waals surface area contributed by atoms with E-state index in [2.05, 4.69) is 10.3 Å². The Bertz CT molecular complexity index is 546. The molecule has 0 aliphatic carbocycles. The minimum atomic E-state index is 0.0668. The van der Waals surface area contributed by atoms with Crippen LogP contribution in [-0.4, -0.2) is 17.4 Å². The van der Waals surface area contributed by atoms with Crippen molar-refractivity contribution in [2.75, 3.05) is 6.54 Å². The molecule has 0 saturated carbocycles. The van der Waals surface area contributed by atoms with Gasteiger partial charge in [-0.25, -0.2) is 4.98 Å². The van der Waals surface area contributed by atoms with Crippen molar-refractivity contribution in [2.24, 2.45) is 0 Å². The fourth-order valence-electron chi connectivity index (χ4n) is 1.78. The van der Waals surface area contributed by atoms with Crippen LogP contribution in [0.2, 0.25) is 0 Å². The number of nitrogens with one attached hydrogen (secondary N) is 1. The number of nitrogens with zero attached hydrogens (tertiary/aromatic N) is 1. The number of aryl methyl sites for hydroxylation is 2. The number of rotatable bonds is 5. The third-order valence-corrected chi connectivity index (χ3v) is 3.84. The van der Waals surface area contributed by atoms with Gasteiger partial charge in [-0.2, -0.15) is 0 Å².